The predicted octanol–water partition coefficient (Wildman–Crippen LogP) is 5.78. The fraction of sp³-hybridized carbons (Fsp3) is 0.0714. The maximum absolute atomic E-state index is 13.8. The van der Waals surface area contributed by atoms with Gasteiger partial charge in [0.2, 0.25) is 22.7 Å². The lowest BCUT2D eigenvalue weighted by Crippen LogP contribution is -2.11. The number of rotatable bonds is 2. The van der Waals surface area contributed by atoms with Crippen molar-refractivity contribution in [3.63, 3.8) is 0 Å². The lowest BCUT2D eigenvalue weighted by Gasteiger charge is -2.11. The molecule has 6 rings (SSSR count). The Morgan fingerprint density at radius 1 is 0.611 bits per heavy atom. The molecular weight excluding hydrogens is 492 g/mol. The molecule has 0 unspecified atom stereocenters. The van der Waals surface area contributed by atoms with Crippen LogP contribution in [0.2, 0.25) is 0 Å². The highest BCUT2D eigenvalue weighted by Crippen LogP contribution is 2.36. The van der Waals surface area contributed by atoms with Crippen LogP contribution in [-0.2, 0) is 9.59 Å². The Labute approximate surface area is 211 Å². The molecule has 0 spiro atoms. The monoisotopic (exact) mass is 510 g/mol. The van der Waals surface area contributed by atoms with Gasteiger partial charge in [-0.3, -0.25) is 19.2 Å². The molecule has 4 aromatic carbocycles. The number of amides is 2. The fourth-order valence-electron chi connectivity index (χ4n) is 4.70. The number of hydrogen-bond donors (Lipinski definition) is 2. The van der Waals surface area contributed by atoms with Crippen LogP contribution in [0.5, 0.6) is 0 Å². The van der Waals surface area contributed by atoms with E-state index in [0.29, 0.717) is 31.2 Å². The molecule has 0 saturated heterocycles. The second-order valence-electron chi connectivity index (χ2n) is 8.57. The molecule has 2 heterocycles. The summed E-state index contributed by atoms with van der Waals surface area (Å²) in [7, 11) is 0. The third kappa shape index (κ3) is 3.37. The largest absolute Gasteiger partial charge is 0.325 e. The van der Waals surface area contributed by atoms with E-state index in [0.717, 1.165) is 30.9 Å². The van der Waals surface area contributed by atoms with E-state index in [1.165, 1.54) is 36.5 Å². The second-order valence-corrected chi connectivity index (χ2v) is 10.6. The normalized spacial score (nSPS) is 12.5. The Morgan fingerprint density at radius 3 is 1.42 bits per heavy atom. The molecule has 8 heteroatoms. The van der Waals surface area contributed by atoms with Crippen molar-refractivity contribution >= 4 is 87.6 Å². The first-order valence-corrected chi connectivity index (χ1v) is 12.8. The molecule has 2 aromatic heterocycles. The summed E-state index contributed by atoms with van der Waals surface area (Å²) < 4.78 is 2.08. The highest BCUT2D eigenvalue weighted by Gasteiger charge is 2.16. The topological polar surface area (TPSA) is 92.3 Å². The van der Waals surface area contributed by atoms with Gasteiger partial charge >= 0.3 is 0 Å². The van der Waals surface area contributed by atoms with Crippen LogP contribution in [-0.4, -0.2) is 11.8 Å². The van der Waals surface area contributed by atoms with E-state index in [9.17, 15) is 19.2 Å². The number of carbonyl (C=O) groups excluding carboxylic acids is 2. The number of hydrogen-bond acceptors (Lipinski definition) is 6. The molecule has 36 heavy (non-hydrogen) atoms. The molecule has 0 fully saturated rings. The Bertz CT molecular complexity index is 1960. The van der Waals surface area contributed by atoms with Gasteiger partial charge in [0.05, 0.1) is 29.8 Å². The van der Waals surface area contributed by atoms with E-state index in [4.69, 9.17) is 0 Å². The number of anilines is 2. The van der Waals surface area contributed by atoms with E-state index in [2.05, 4.69) is 10.6 Å². The highest BCUT2D eigenvalue weighted by molar-refractivity contribution is 7.21. The molecular formula is C28H18N2O4S2. The molecule has 2 amide bonds. The summed E-state index contributed by atoms with van der Waals surface area (Å²) in [6.07, 6.45) is 0. The molecule has 176 valence electrons. The molecule has 6 nitrogen and oxygen atoms in total. The maximum Gasteiger partial charge on any atom is 0.221 e. The summed E-state index contributed by atoms with van der Waals surface area (Å²) in [5.74, 6) is -0.447. The van der Waals surface area contributed by atoms with Gasteiger partial charge in [-0.1, -0.05) is 48.5 Å². The first-order valence-electron chi connectivity index (χ1n) is 11.2. The SMILES string of the molecule is CC(=O)Nc1ccc2cccc3c(=O)/c(=c4\sc5c(NC(C)=O)ccc6cccc(c4=O)c65)sc1c23. The van der Waals surface area contributed by atoms with Gasteiger partial charge in [-0.15, -0.1) is 22.7 Å². The predicted molar refractivity (Wildman–Crippen MR) is 149 cm³/mol. The maximum atomic E-state index is 13.8. The zero-order valence-corrected chi connectivity index (χ0v) is 20.9. The van der Waals surface area contributed by atoms with Gasteiger partial charge < -0.3 is 10.6 Å². The van der Waals surface area contributed by atoms with Gasteiger partial charge in [0, 0.05) is 35.4 Å². The minimum Gasteiger partial charge on any atom is -0.325 e. The summed E-state index contributed by atoms with van der Waals surface area (Å²) in [6.45, 7) is 2.87. The summed E-state index contributed by atoms with van der Waals surface area (Å²) in [4.78, 5) is 51.4. The quantitative estimate of drug-likeness (QED) is 0.309. The van der Waals surface area contributed by atoms with E-state index in [1.54, 1.807) is 12.1 Å². The van der Waals surface area contributed by atoms with Crippen molar-refractivity contribution in [2.24, 2.45) is 0 Å². The Balaban J connectivity index is 1.90. The van der Waals surface area contributed by atoms with E-state index in [-0.39, 0.29) is 22.7 Å². The summed E-state index contributed by atoms with van der Waals surface area (Å²) in [5, 5.41) is 9.98. The molecule has 0 radical (unpaired) electrons. The van der Waals surface area contributed by atoms with Crippen LogP contribution in [0.3, 0.4) is 0 Å². The molecule has 0 bridgehead atoms. The smallest absolute Gasteiger partial charge is 0.221 e. The lowest BCUT2D eigenvalue weighted by molar-refractivity contribution is -0.115. The van der Waals surface area contributed by atoms with Crippen molar-refractivity contribution in [1.82, 2.24) is 0 Å². The van der Waals surface area contributed by atoms with Crippen molar-refractivity contribution in [2.45, 2.75) is 13.8 Å². The third-order valence-corrected chi connectivity index (χ3v) is 8.71. The average Bonchev–Trinajstić information content (AvgIpc) is 2.85. The Kier molecular flexibility index (Phi) is 5.10. The molecule has 0 aliphatic heterocycles. The van der Waals surface area contributed by atoms with Crippen LogP contribution in [0.25, 0.3) is 41.7 Å². The van der Waals surface area contributed by atoms with Crippen LogP contribution in [0.1, 0.15) is 13.8 Å². The van der Waals surface area contributed by atoms with E-state index in [1.807, 2.05) is 48.5 Å². The number of carbonyl (C=O) groups is 2. The highest BCUT2D eigenvalue weighted by atomic mass is 32.1. The summed E-state index contributed by atoms with van der Waals surface area (Å²) in [6, 6.07) is 18.3. The molecule has 2 N–H and O–H groups in total. The zero-order chi connectivity index (χ0) is 25.1. The number of benzene rings is 4. The van der Waals surface area contributed by atoms with E-state index < -0.39 is 0 Å². The van der Waals surface area contributed by atoms with Crippen LogP contribution < -0.4 is 21.5 Å². The molecule has 0 aliphatic carbocycles. The summed E-state index contributed by atoms with van der Waals surface area (Å²) >= 11 is 2.41. The molecule has 0 aliphatic rings. The Morgan fingerprint density at radius 2 is 1.03 bits per heavy atom. The molecule has 0 atom stereocenters. The lowest BCUT2D eigenvalue weighted by atomic mass is 10.0. The van der Waals surface area contributed by atoms with Crippen molar-refractivity contribution < 1.29 is 9.59 Å². The average molecular weight is 511 g/mol. The van der Waals surface area contributed by atoms with Gasteiger partial charge in [0.25, 0.3) is 0 Å². The van der Waals surface area contributed by atoms with Crippen molar-refractivity contribution in [3.8, 4) is 0 Å². The van der Waals surface area contributed by atoms with Crippen molar-refractivity contribution in [3.05, 3.63) is 90.2 Å². The van der Waals surface area contributed by atoms with Crippen molar-refractivity contribution in [2.75, 3.05) is 10.6 Å². The molecule has 0 saturated carbocycles. The van der Waals surface area contributed by atoms with Gasteiger partial charge in [0.1, 0.15) is 0 Å². The van der Waals surface area contributed by atoms with Crippen LogP contribution in [0.15, 0.2) is 70.3 Å². The summed E-state index contributed by atoms with van der Waals surface area (Å²) in [5.41, 5.74) is 0.712. The fourth-order valence-corrected chi connectivity index (χ4v) is 7.25. The van der Waals surface area contributed by atoms with Crippen molar-refractivity contribution in [1.29, 1.82) is 0 Å². The minimum absolute atomic E-state index is 0.224. The zero-order valence-electron chi connectivity index (χ0n) is 19.2. The van der Waals surface area contributed by atoms with Crippen LogP contribution in [0, 0.1) is 9.06 Å². The van der Waals surface area contributed by atoms with Gasteiger partial charge in [-0.25, -0.2) is 0 Å². The Hall–Kier alpha value is -4.14. The third-order valence-electron chi connectivity index (χ3n) is 6.13. The van der Waals surface area contributed by atoms with Crippen LogP contribution in [0.4, 0.5) is 11.4 Å². The van der Waals surface area contributed by atoms with Crippen LogP contribution >= 0.6 is 22.7 Å². The van der Waals surface area contributed by atoms with Gasteiger partial charge in [-0.05, 0) is 22.9 Å². The van der Waals surface area contributed by atoms with Gasteiger partial charge in [0.15, 0.2) is 0 Å². The first-order chi connectivity index (χ1) is 17.3. The number of nitrogens with one attached hydrogen (secondary N) is 2. The standard InChI is InChI=1S/C28H18N2O4S2/c1-13(31)29-19-11-9-15-5-3-7-17-21(15)25(19)35-27(23(17)33)28-24(34)18-8-4-6-16-10-12-20(30-14(2)32)26(36-28)22(16)18/h3-12H,1-2H3,(H,29,31)(H,30,32)/b28-27+. The van der Waals surface area contributed by atoms with E-state index >= 15 is 0 Å². The second kappa shape index (κ2) is 8.22. The van der Waals surface area contributed by atoms with Gasteiger partial charge in [-0.2, -0.15) is 0 Å². The molecule has 6 aromatic rings. The first kappa shape index (κ1) is 22.3. The minimum atomic E-state index is -0.235.